The first-order valence-electron chi connectivity index (χ1n) is 10.2. The molecule has 0 bridgehead atoms. The lowest BCUT2D eigenvalue weighted by molar-refractivity contribution is -0.133. The Bertz CT molecular complexity index is 1010. The summed E-state index contributed by atoms with van der Waals surface area (Å²) < 4.78 is 42.4. The number of benzene rings is 1. The normalized spacial score (nSPS) is 21.3. The molecule has 1 aromatic heterocycles. The molecule has 2 saturated heterocycles. The van der Waals surface area contributed by atoms with Crippen molar-refractivity contribution in [3.8, 4) is 0 Å². The van der Waals surface area contributed by atoms with Gasteiger partial charge in [0.05, 0.1) is 17.5 Å². The van der Waals surface area contributed by atoms with Crippen LogP contribution in [0, 0.1) is 5.82 Å². The Morgan fingerprint density at radius 3 is 2.53 bits per heavy atom. The Morgan fingerprint density at radius 1 is 1.10 bits per heavy atom. The van der Waals surface area contributed by atoms with Crippen LogP contribution in [0.15, 0.2) is 47.5 Å². The Morgan fingerprint density at radius 2 is 1.87 bits per heavy atom. The first kappa shape index (κ1) is 21.0. The van der Waals surface area contributed by atoms with Crippen molar-refractivity contribution in [3.05, 3.63) is 54.1 Å². The number of rotatable bonds is 5. The van der Waals surface area contributed by atoms with Crippen molar-refractivity contribution in [2.45, 2.75) is 23.8 Å². The molecule has 2 aromatic rings. The lowest BCUT2D eigenvalue weighted by Gasteiger charge is -2.35. The fraction of sp³-hybridized carbons (Fsp3) is 0.476. The standard InChI is InChI=1S/C21H27FN4O3S/c1-23-9-3-7-19(23)20-8-4-10-25(20)16-21(27)24-11-13-26(14-12-24)30(28,29)18-6-2-5-17(22)15-18/h2-3,5-7,9,15,20H,4,8,10-14,16H2,1H3/t20-/m1/s1. The number of halogens is 1. The van der Waals surface area contributed by atoms with Gasteiger partial charge in [-0.3, -0.25) is 9.69 Å². The molecule has 30 heavy (non-hydrogen) atoms. The van der Waals surface area contributed by atoms with Gasteiger partial charge in [0.2, 0.25) is 15.9 Å². The number of amides is 1. The van der Waals surface area contributed by atoms with Crippen LogP contribution < -0.4 is 0 Å². The van der Waals surface area contributed by atoms with Gasteiger partial charge in [0.1, 0.15) is 5.82 Å². The first-order valence-corrected chi connectivity index (χ1v) is 11.7. The van der Waals surface area contributed by atoms with Gasteiger partial charge in [-0.25, -0.2) is 12.8 Å². The van der Waals surface area contributed by atoms with Crippen LogP contribution in [0.1, 0.15) is 24.6 Å². The molecule has 0 spiro atoms. The fourth-order valence-electron chi connectivity index (χ4n) is 4.40. The molecule has 0 radical (unpaired) electrons. The van der Waals surface area contributed by atoms with Gasteiger partial charge in [0.15, 0.2) is 0 Å². The van der Waals surface area contributed by atoms with E-state index in [0.29, 0.717) is 19.6 Å². The Labute approximate surface area is 176 Å². The Balaban J connectivity index is 1.36. The number of hydrogen-bond donors (Lipinski definition) is 0. The number of aryl methyl sites for hydroxylation is 1. The number of piperazine rings is 1. The molecular formula is C21H27FN4O3S. The molecule has 1 amide bonds. The Kier molecular flexibility index (Phi) is 5.95. The lowest BCUT2D eigenvalue weighted by Crippen LogP contribution is -2.52. The van der Waals surface area contributed by atoms with Crippen LogP contribution in [0.25, 0.3) is 0 Å². The summed E-state index contributed by atoms with van der Waals surface area (Å²) in [5, 5.41) is 0. The maximum Gasteiger partial charge on any atom is 0.243 e. The second kappa shape index (κ2) is 8.49. The molecule has 4 rings (SSSR count). The summed E-state index contributed by atoms with van der Waals surface area (Å²) in [7, 11) is -1.74. The van der Waals surface area contributed by atoms with Crippen LogP contribution in [0.2, 0.25) is 0 Å². The van der Waals surface area contributed by atoms with E-state index in [0.717, 1.165) is 25.5 Å². The molecule has 1 atom stereocenters. The molecule has 2 aliphatic heterocycles. The topological polar surface area (TPSA) is 65.9 Å². The minimum Gasteiger partial charge on any atom is -0.353 e. The van der Waals surface area contributed by atoms with E-state index in [2.05, 4.69) is 15.5 Å². The molecular weight excluding hydrogens is 407 g/mol. The summed E-state index contributed by atoms with van der Waals surface area (Å²) in [4.78, 5) is 16.8. The van der Waals surface area contributed by atoms with E-state index in [4.69, 9.17) is 0 Å². The van der Waals surface area contributed by atoms with Gasteiger partial charge in [0.25, 0.3) is 0 Å². The SMILES string of the molecule is Cn1cccc1[C@H]1CCCN1CC(=O)N1CCN(S(=O)(=O)c2cccc(F)c2)CC1. The molecule has 1 aromatic carbocycles. The maximum atomic E-state index is 13.4. The summed E-state index contributed by atoms with van der Waals surface area (Å²) in [5.74, 6) is -0.554. The van der Waals surface area contributed by atoms with Gasteiger partial charge < -0.3 is 9.47 Å². The van der Waals surface area contributed by atoms with Gasteiger partial charge in [0, 0.05) is 45.1 Å². The van der Waals surface area contributed by atoms with Crippen molar-refractivity contribution in [3.63, 3.8) is 0 Å². The van der Waals surface area contributed by atoms with Crippen LogP contribution in [0.4, 0.5) is 4.39 Å². The zero-order valence-electron chi connectivity index (χ0n) is 17.1. The van der Waals surface area contributed by atoms with E-state index in [1.54, 1.807) is 4.90 Å². The highest BCUT2D eigenvalue weighted by Crippen LogP contribution is 2.31. The number of likely N-dealkylation sites (tertiary alicyclic amines) is 1. The number of nitrogens with zero attached hydrogens (tertiary/aromatic N) is 4. The molecule has 9 heteroatoms. The van der Waals surface area contributed by atoms with Gasteiger partial charge in [-0.2, -0.15) is 4.31 Å². The molecule has 7 nitrogen and oxygen atoms in total. The molecule has 2 fully saturated rings. The third-order valence-electron chi connectivity index (χ3n) is 6.05. The van der Waals surface area contributed by atoms with Crippen LogP contribution in [-0.4, -0.2) is 72.3 Å². The number of carbonyl (C=O) groups excluding carboxylic acids is 1. The van der Waals surface area contributed by atoms with Crippen LogP contribution in [0.3, 0.4) is 0 Å². The predicted octanol–water partition coefficient (Wildman–Crippen LogP) is 1.83. The summed E-state index contributed by atoms with van der Waals surface area (Å²) in [6.07, 6.45) is 4.11. The van der Waals surface area contributed by atoms with E-state index < -0.39 is 15.8 Å². The second-order valence-corrected chi connectivity index (χ2v) is 9.85. The highest BCUT2D eigenvalue weighted by Gasteiger charge is 2.33. The van der Waals surface area contributed by atoms with Crippen molar-refractivity contribution in [2.24, 2.45) is 7.05 Å². The third-order valence-corrected chi connectivity index (χ3v) is 7.95. The fourth-order valence-corrected chi connectivity index (χ4v) is 5.85. The molecule has 2 aliphatic rings. The van der Waals surface area contributed by atoms with Crippen molar-refractivity contribution in [2.75, 3.05) is 39.3 Å². The molecule has 0 aliphatic carbocycles. The van der Waals surface area contributed by atoms with Crippen molar-refractivity contribution < 1.29 is 17.6 Å². The second-order valence-electron chi connectivity index (χ2n) is 7.91. The van der Waals surface area contributed by atoms with Gasteiger partial charge >= 0.3 is 0 Å². The van der Waals surface area contributed by atoms with E-state index in [9.17, 15) is 17.6 Å². The zero-order chi connectivity index (χ0) is 21.3. The molecule has 162 valence electrons. The molecule has 0 saturated carbocycles. The van der Waals surface area contributed by atoms with Gasteiger partial charge in [-0.15, -0.1) is 0 Å². The minimum atomic E-state index is -3.76. The maximum absolute atomic E-state index is 13.4. The van der Waals surface area contributed by atoms with Gasteiger partial charge in [-0.1, -0.05) is 6.07 Å². The van der Waals surface area contributed by atoms with E-state index in [-0.39, 0.29) is 29.9 Å². The van der Waals surface area contributed by atoms with Crippen LogP contribution in [0.5, 0.6) is 0 Å². The summed E-state index contributed by atoms with van der Waals surface area (Å²) in [5.41, 5.74) is 1.21. The van der Waals surface area contributed by atoms with Gasteiger partial charge in [-0.05, 0) is 49.7 Å². The average Bonchev–Trinajstić information content (AvgIpc) is 3.36. The number of aromatic nitrogens is 1. The predicted molar refractivity (Wildman–Crippen MR) is 111 cm³/mol. The molecule has 0 N–H and O–H groups in total. The quantitative estimate of drug-likeness (QED) is 0.720. The number of carbonyl (C=O) groups is 1. The zero-order valence-corrected chi connectivity index (χ0v) is 17.9. The number of hydrogen-bond acceptors (Lipinski definition) is 4. The van der Waals surface area contributed by atoms with Crippen LogP contribution in [-0.2, 0) is 21.9 Å². The minimum absolute atomic E-state index is 0.0268. The first-order chi connectivity index (χ1) is 14.4. The average molecular weight is 435 g/mol. The summed E-state index contributed by atoms with van der Waals surface area (Å²) in [6.45, 7) is 2.34. The lowest BCUT2D eigenvalue weighted by atomic mass is 10.1. The summed E-state index contributed by atoms with van der Waals surface area (Å²) in [6, 6.07) is 9.40. The monoisotopic (exact) mass is 434 g/mol. The highest BCUT2D eigenvalue weighted by atomic mass is 32.2. The van der Waals surface area contributed by atoms with Crippen LogP contribution >= 0.6 is 0 Å². The number of sulfonamides is 1. The largest absolute Gasteiger partial charge is 0.353 e. The van der Waals surface area contributed by atoms with E-state index in [1.165, 1.54) is 28.2 Å². The van der Waals surface area contributed by atoms with Crippen molar-refractivity contribution in [1.82, 2.24) is 18.7 Å². The molecule has 0 unspecified atom stereocenters. The Hall–Kier alpha value is -2.23. The molecule has 3 heterocycles. The van der Waals surface area contributed by atoms with E-state index >= 15 is 0 Å². The van der Waals surface area contributed by atoms with Crippen molar-refractivity contribution in [1.29, 1.82) is 0 Å². The summed E-state index contributed by atoms with van der Waals surface area (Å²) >= 11 is 0. The highest BCUT2D eigenvalue weighted by molar-refractivity contribution is 7.89. The smallest absolute Gasteiger partial charge is 0.243 e. The third kappa shape index (κ3) is 4.14. The van der Waals surface area contributed by atoms with Crippen molar-refractivity contribution >= 4 is 15.9 Å². The van der Waals surface area contributed by atoms with E-state index in [1.807, 2.05) is 19.3 Å².